The van der Waals surface area contributed by atoms with Gasteiger partial charge >= 0.3 is 5.97 Å². The van der Waals surface area contributed by atoms with Crippen molar-refractivity contribution in [2.45, 2.75) is 315 Å². The van der Waals surface area contributed by atoms with E-state index in [4.69, 9.17) is 9.84 Å². The summed E-state index contributed by atoms with van der Waals surface area (Å²) in [5.41, 5.74) is 0. The second-order valence-corrected chi connectivity index (χ2v) is 18.3. The monoisotopic (exact) mass is 803 g/mol. The second kappa shape index (κ2) is 53.2. The maximum absolute atomic E-state index is 12.0. The number of esters is 1. The van der Waals surface area contributed by atoms with Gasteiger partial charge in [0, 0.05) is 13.0 Å². The molecule has 3 heteroatoms. The number of hydrogen-bond acceptors (Lipinski definition) is 3. The van der Waals surface area contributed by atoms with Crippen molar-refractivity contribution in [3.63, 3.8) is 0 Å². The smallest absolute Gasteiger partial charge is 0.305 e. The van der Waals surface area contributed by atoms with Crippen LogP contribution in [0.25, 0.3) is 0 Å². The van der Waals surface area contributed by atoms with Crippen LogP contribution in [-0.2, 0) is 9.53 Å². The Morgan fingerprint density at radius 3 is 0.877 bits per heavy atom. The quantitative estimate of drug-likeness (QED) is 0.0379. The lowest BCUT2D eigenvalue weighted by Crippen LogP contribution is -2.05. The Balaban J connectivity index is 3.12. The second-order valence-electron chi connectivity index (χ2n) is 18.3. The Labute approximate surface area is 359 Å². The number of unbranched alkanes of at least 4 members (excludes halogenated alkanes) is 44. The molecule has 3 nitrogen and oxygen atoms in total. The number of carbonyl (C=O) groups is 1. The number of hydrogen-bond donors (Lipinski definition) is 1. The molecule has 0 aliphatic carbocycles. The first-order valence-corrected chi connectivity index (χ1v) is 26.7. The van der Waals surface area contributed by atoms with Crippen molar-refractivity contribution in [3.05, 3.63) is 12.2 Å². The zero-order valence-electron chi connectivity index (χ0n) is 39.3. The van der Waals surface area contributed by atoms with Crippen LogP contribution in [0.2, 0.25) is 0 Å². The molecule has 0 atom stereocenters. The van der Waals surface area contributed by atoms with Crippen molar-refractivity contribution in [1.82, 2.24) is 0 Å². The lowest BCUT2D eigenvalue weighted by atomic mass is 10.0. The molecule has 0 saturated carbocycles. The van der Waals surface area contributed by atoms with Crippen LogP contribution in [0.3, 0.4) is 0 Å². The zero-order valence-corrected chi connectivity index (χ0v) is 39.3. The van der Waals surface area contributed by atoms with Crippen LogP contribution in [0.5, 0.6) is 0 Å². The maximum atomic E-state index is 12.0. The van der Waals surface area contributed by atoms with Gasteiger partial charge in [-0.3, -0.25) is 4.79 Å². The number of aliphatic hydroxyl groups excluding tert-OH is 1. The molecule has 0 unspecified atom stereocenters. The largest absolute Gasteiger partial charge is 0.466 e. The fourth-order valence-corrected chi connectivity index (χ4v) is 8.46. The molecule has 57 heavy (non-hydrogen) atoms. The highest BCUT2D eigenvalue weighted by atomic mass is 16.5. The van der Waals surface area contributed by atoms with Gasteiger partial charge < -0.3 is 9.84 Å². The van der Waals surface area contributed by atoms with Crippen LogP contribution < -0.4 is 0 Å². The highest BCUT2D eigenvalue weighted by Crippen LogP contribution is 2.18. The fraction of sp³-hybridized carbons (Fsp3) is 0.944. The molecular formula is C54H106O3. The Morgan fingerprint density at radius 1 is 0.333 bits per heavy atom. The highest BCUT2D eigenvalue weighted by Gasteiger charge is 2.03. The average molecular weight is 803 g/mol. The maximum Gasteiger partial charge on any atom is 0.305 e. The molecule has 0 fully saturated rings. The molecular weight excluding hydrogens is 697 g/mol. The van der Waals surface area contributed by atoms with Gasteiger partial charge in [-0.05, 0) is 38.5 Å². The molecule has 0 bridgehead atoms. The number of aliphatic hydroxyl groups is 1. The van der Waals surface area contributed by atoms with Crippen molar-refractivity contribution in [3.8, 4) is 0 Å². The molecule has 0 aliphatic rings. The minimum atomic E-state index is 0.0168. The zero-order chi connectivity index (χ0) is 41.1. The number of allylic oxidation sites excluding steroid dienone is 2. The van der Waals surface area contributed by atoms with Gasteiger partial charge in [-0.2, -0.15) is 0 Å². The lowest BCUT2D eigenvalue weighted by Gasteiger charge is -2.06. The molecule has 0 aromatic carbocycles. The molecule has 0 aromatic heterocycles. The molecule has 0 spiro atoms. The van der Waals surface area contributed by atoms with Crippen LogP contribution in [0.1, 0.15) is 315 Å². The topological polar surface area (TPSA) is 46.5 Å². The van der Waals surface area contributed by atoms with Crippen LogP contribution in [0.15, 0.2) is 12.2 Å². The van der Waals surface area contributed by atoms with Crippen molar-refractivity contribution in [1.29, 1.82) is 0 Å². The van der Waals surface area contributed by atoms with Crippen LogP contribution in [0.4, 0.5) is 0 Å². The normalized spacial score (nSPS) is 11.7. The molecule has 0 amide bonds. The van der Waals surface area contributed by atoms with Crippen molar-refractivity contribution in [2.24, 2.45) is 0 Å². The molecule has 0 heterocycles. The van der Waals surface area contributed by atoms with Crippen molar-refractivity contribution < 1.29 is 14.6 Å². The number of ether oxygens (including phenoxy) is 1. The Kier molecular flexibility index (Phi) is 52.4. The van der Waals surface area contributed by atoms with E-state index in [1.54, 1.807) is 0 Å². The summed E-state index contributed by atoms with van der Waals surface area (Å²) < 4.78 is 5.46. The van der Waals surface area contributed by atoms with E-state index >= 15 is 0 Å². The molecule has 0 aliphatic heterocycles. The van der Waals surface area contributed by atoms with E-state index in [2.05, 4.69) is 19.1 Å². The molecule has 1 N–H and O–H groups in total. The van der Waals surface area contributed by atoms with E-state index in [1.165, 1.54) is 276 Å². The van der Waals surface area contributed by atoms with E-state index < -0.39 is 0 Å². The van der Waals surface area contributed by atoms with Gasteiger partial charge in [-0.1, -0.05) is 282 Å². The summed E-state index contributed by atoms with van der Waals surface area (Å²) in [5.74, 6) is 0.0168. The minimum Gasteiger partial charge on any atom is -0.466 e. The predicted octanol–water partition coefficient (Wildman–Crippen LogP) is 18.8. The van der Waals surface area contributed by atoms with Gasteiger partial charge in [0.15, 0.2) is 0 Å². The summed E-state index contributed by atoms with van der Waals surface area (Å²) in [7, 11) is 0. The molecule has 340 valence electrons. The van der Waals surface area contributed by atoms with Crippen LogP contribution in [0, 0.1) is 0 Å². The Bertz CT molecular complexity index is 747. The molecule has 0 rings (SSSR count). The standard InChI is InChI=1S/C54H106O3/c1-2-3-4-5-6-7-36-39-42-45-48-51-54(56)57-53-50-47-44-41-38-35-33-31-29-27-25-23-21-19-17-15-13-11-9-8-10-12-14-16-18-20-22-24-26-28-30-32-34-37-40-43-46-49-52-55/h5-6,55H,2-4,7-53H2,1H3. The molecule has 0 saturated heterocycles. The summed E-state index contributed by atoms with van der Waals surface area (Å²) in [4.78, 5) is 12.0. The molecule has 0 radical (unpaired) electrons. The Hall–Kier alpha value is -0.830. The van der Waals surface area contributed by atoms with Crippen LogP contribution in [-0.4, -0.2) is 24.3 Å². The number of carbonyl (C=O) groups excluding carboxylic acids is 1. The van der Waals surface area contributed by atoms with Gasteiger partial charge in [0.05, 0.1) is 6.61 Å². The summed E-state index contributed by atoms with van der Waals surface area (Å²) >= 11 is 0. The van der Waals surface area contributed by atoms with E-state index in [9.17, 15) is 4.79 Å². The van der Waals surface area contributed by atoms with E-state index in [-0.39, 0.29) is 5.97 Å². The fourth-order valence-electron chi connectivity index (χ4n) is 8.46. The van der Waals surface area contributed by atoms with Crippen molar-refractivity contribution >= 4 is 5.97 Å². The average Bonchev–Trinajstić information content (AvgIpc) is 3.22. The summed E-state index contributed by atoms with van der Waals surface area (Å²) in [6.07, 6.45) is 69.7. The van der Waals surface area contributed by atoms with Crippen molar-refractivity contribution in [2.75, 3.05) is 13.2 Å². The third kappa shape index (κ3) is 53.2. The highest BCUT2D eigenvalue weighted by molar-refractivity contribution is 5.69. The lowest BCUT2D eigenvalue weighted by molar-refractivity contribution is -0.143. The first-order chi connectivity index (χ1) is 28.3. The van der Waals surface area contributed by atoms with Gasteiger partial charge in [0.1, 0.15) is 0 Å². The first-order valence-electron chi connectivity index (χ1n) is 26.7. The first kappa shape index (κ1) is 56.2. The number of rotatable bonds is 51. The summed E-state index contributed by atoms with van der Waals surface area (Å²) in [6, 6.07) is 0. The minimum absolute atomic E-state index is 0.0168. The van der Waals surface area contributed by atoms with Gasteiger partial charge in [-0.25, -0.2) is 0 Å². The Morgan fingerprint density at radius 2 is 0.579 bits per heavy atom. The third-order valence-electron chi connectivity index (χ3n) is 12.5. The molecule has 0 aromatic rings. The van der Waals surface area contributed by atoms with Gasteiger partial charge in [-0.15, -0.1) is 0 Å². The predicted molar refractivity (Wildman–Crippen MR) is 254 cm³/mol. The van der Waals surface area contributed by atoms with Gasteiger partial charge in [0.2, 0.25) is 0 Å². The van der Waals surface area contributed by atoms with Crippen LogP contribution >= 0.6 is 0 Å². The van der Waals surface area contributed by atoms with Gasteiger partial charge in [0.25, 0.3) is 0 Å². The van der Waals surface area contributed by atoms with E-state index in [0.717, 1.165) is 25.7 Å². The summed E-state index contributed by atoms with van der Waals surface area (Å²) in [5, 5.41) is 8.82. The SMILES string of the molecule is CCCCC=CCCCCCCCC(=O)OCCCCCCCCCCCCCCCCCCCCCCCCCCCCCCCCCCCCCCCCO. The van der Waals surface area contributed by atoms with E-state index in [1.807, 2.05) is 0 Å². The summed E-state index contributed by atoms with van der Waals surface area (Å²) in [6.45, 7) is 3.24. The third-order valence-corrected chi connectivity index (χ3v) is 12.5. The van der Waals surface area contributed by atoms with E-state index in [0.29, 0.717) is 19.6 Å².